The van der Waals surface area contributed by atoms with Gasteiger partial charge in [0.15, 0.2) is 0 Å². The molecule has 7 N–H and O–H groups in total. The van der Waals surface area contributed by atoms with Crippen LogP contribution in [0.1, 0.15) is 53.4 Å². The fraction of sp³-hybridized carbons (Fsp3) is 0.690. The molecular formula is C29H47N9O10. The van der Waals surface area contributed by atoms with Gasteiger partial charge in [-0.25, -0.2) is 0 Å². The van der Waals surface area contributed by atoms with Gasteiger partial charge in [0.1, 0.15) is 18.2 Å². The smallest absolute Gasteiger partial charge is 0.249 e. The van der Waals surface area contributed by atoms with Gasteiger partial charge in [-0.2, -0.15) is 0 Å². The fourth-order valence-corrected chi connectivity index (χ4v) is 5.04. The van der Waals surface area contributed by atoms with Gasteiger partial charge in [-0.1, -0.05) is 0 Å². The minimum Gasteiger partial charge on any atom is -0.369 e. The summed E-state index contributed by atoms with van der Waals surface area (Å²) in [5, 5.41) is 18.0. The zero-order valence-corrected chi connectivity index (χ0v) is 28.1. The number of likely N-dealkylation sites (N-methyl/N-ethyl adjacent to an activating group) is 2. The molecule has 0 spiro atoms. The first-order chi connectivity index (χ1) is 22.6. The molecule has 2 saturated heterocycles. The molecular weight excluding hydrogens is 634 g/mol. The molecule has 2 heterocycles. The predicted octanol–water partition coefficient (Wildman–Crippen LogP) is -4.43. The molecule has 6 unspecified atom stereocenters. The minimum atomic E-state index is -1.36. The van der Waals surface area contributed by atoms with Gasteiger partial charge in [0, 0.05) is 32.7 Å². The Labute approximate surface area is 278 Å². The lowest BCUT2D eigenvalue weighted by atomic mass is 10.1. The summed E-state index contributed by atoms with van der Waals surface area (Å²) in [6, 6.07) is -3.84. The quantitative estimate of drug-likeness (QED) is 0.0388. The van der Waals surface area contributed by atoms with Crippen molar-refractivity contribution >= 4 is 53.2 Å². The third kappa shape index (κ3) is 11.1. The van der Waals surface area contributed by atoms with E-state index in [4.69, 9.17) is 4.74 Å². The Morgan fingerprint density at radius 3 is 1.96 bits per heavy atom. The van der Waals surface area contributed by atoms with Gasteiger partial charge < -0.3 is 42.0 Å². The number of imide groups is 2. The van der Waals surface area contributed by atoms with Crippen LogP contribution in [0.4, 0.5) is 0 Å². The molecule has 0 saturated carbocycles. The first kappa shape index (κ1) is 39.7. The van der Waals surface area contributed by atoms with Crippen molar-refractivity contribution in [3.8, 4) is 0 Å². The van der Waals surface area contributed by atoms with E-state index in [2.05, 4.69) is 37.2 Å². The number of nitrogens with zero attached hydrogens (tertiary/aromatic N) is 2. The summed E-state index contributed by atoms with van der Waals surface area (Å²) in [6.45, 7) is 6.01. The number of nitrogens with one attached hydrogen (secondary N) is 7. The van der Waals surface area contributed by atoms with Gasteiger partial charge in [-0.05, 0) is 41.8 Å². The van der Waals surface area contributed by atoms with Gasteiger partial charge in [0.05, 0.1) is 37.5 Å². The third-order valence-corrected chi connectivity index (χ3v) is 7.74. The van der Waals surface area contributed by atoms with Gasteiger partial charge in [0.25, 0.3) is 0 Å². The Morgan fingerprint density at radius 2 is 1.38 bits per heavy atom. The number of carbonyl (C=O) groups is 9. The van der Waals surface area contributed by atoms with Crippen molar-refractivity contribution in [1.29, 1.82) is 0 Å². The molecule has 2 fully saturated rings. The van der Waals surface area contributed by atoms with Crippen LogP contribution in [0.3, 0.4) is 0 Å². The second-order valence-corrected chi connectivity index (χ2v) is 11.3. The summed E-state index contributed by atoms with van der Waals surface area (Å²) in [6.07, 6.45) is -2.63. The highest BCUT2D eigenvalue weighted by Gasteiger charge is 2.42. The lowest BCUT2D eigenvalue weighted by molar-refractivity contribution is -0.147. The molecule has 19 heteroatoms. The Kier molecular flexibility index (Phi) is 15.5. The second-order valence-electron chi connectivity index (χ2n) is 11.3. The maximum atomic E-state index is 13.0. The van der Waals surface area contributed by atoms with E-state index in [0.29, 0.717) is 0 Å². The maximum absolute atomic E-state index is 13.0. The minimum absolute atomic E-state index is 0.0217. The van der Waals surface area contributed by atoms with Crippen LogP contribution in [-0.2, 0) is 47.9 Å². The average Bonchev–Trinajstić information content (AvgIpc) is 3.48. The molecule has 48 heavy (non-hydrogen) atoms. The van der Waals surface area contributed by atoms with Crippen molar-refractivity contribution in [2.75, 3.05) is 40.3 Å². The number of ether oxygens (including phenoxy) is 1. The molecule has 0 radical (unpaired) electrons. The molecule has 9 amide bonds. The molecule has 268 valence electrons. The highest BCUT2D eigenvalue weighted by molar-refractivity contribution is 6.08. The summed E-state index contributed by atoms with van der Waals surface area (Å²) in [5.41, 5.74) is 0. The highest BCUT2D eigenvalue weighted by Crippen LogP contribution is 2.16. The summed E-state index contributed by atoms with van der Waals surface area (Å²) >= 11 is 0. The molecule has 2 rings (SSSR count). The van der Waals surface area contributed by atoms with Gasteiger partial charge in [-0.15, -0.1) is 0 Å². The van der Waals surface area contributed by atoms with E-state index in [0.717, 1.165) is 9.80 Å². The standard InChI is InChI=1S/C29H47N9O10/c1-7-48-16(3)26(44)36-18(27(45)33-10-9-32-21(39)8-11-37-23(41)13-19(30-5)28(37)46)12-22(40)34-17(4)35-25(43)15(2)38-24(42)14-20(31-6)29(38)47/h15-20,30-31H,7-14H2,1-6H3,(H,32,39)(H,33,45)(H,34,40)(H,35,43)(H,36,44). The second kappa shape index (κ2) is 18.7. The van der Waals surface area contributed by atoms with E-state index in [1.165, 1.54) is 27.8 Å². The van der Waals surface area contributed by atoms with Gasteiger partial charge in [-0.3, -0.25) is 53.0 Å². The number of rotatable bonds is 19. The Morgan fingerprint density at radius 1 is 0.771 bits per heavy atom. The summed E-state index contributed by atoms with van der Waals surface area (Å²) < 4.78 is 5.26. The van der Waals surface area contributed by atoms with Gasteiger partial charge >= 0.3 is 0 Å². The van der Waals surface area contributed by atoms with E-state index in [9.17, 15) is 43.2 Å². The van der Waals surface area contributed by atoms with Crippen molar-refractivity contribution in [3.05, 3.63) is 0 Å². The molecule has 0 aliphatic carbocycles. The van der Waals surface area contributed by atoms with Crippen molar-refractivity contribution in [1.82, 2.24) is 47.0 Å². The third-order valence-electron chi connectivity index (χ3n) is 7.74. The molecule has 2 aliphatic rings. The Balaban J connectivity index is 1.89. The first-order valence-corrected chi connectivity index (χ1v) is 15.8. The van der Waals surface area contributed by atoms with Crippen LogP contribution < -0.4 is 37.2 Å². The Bertz CT molecular complexity index is 1260. The molecule has 6 atom stereocenters. The normalized spacial score (nSPS) is 20.2. The monoisotopic (exact) mass is 681 g/mol. The van der Waals surface area contributed by atoms with E-state index in [-0.39, 0.29) is 51.4 Å². The maximum Gasteiger partial charge on any atom is 0.249 e. The molecule has 0 aromatic carbocycles. The Hall–Kier alpha value is -4.49. The van der Waals surface area contributed by atoms with Crippen molar-refractivity contribution in [3.63, 3.8) is 0 Å². The average molecular weight is 682 g/mol. The number of carbonyl (C=O) groups excluding carboxylic acids is 9. The zero-order valence-electron chi connectivity index (χ0n) is 28.1. The van der Waals surface area contributed by atoms with Crippen LogP contribution in [0.2, 0.25) is 0 Å². The first-order valence-electron chi connectivity index (χ1n) is 15.8. The van der Waals surface area contributed by atoms with Crippen molar-refractivity contribution in [2.45, 2.75) is 89.8 Å². The number of hydrogen-bond donors (Lipinski definition) is 7. The van der Waals surface area contributed by atoms with E-state index < -0.39 is 90.1 Å². The molecule has 0 bridgehead atoms. The fourth-order valence-electron chi connectivity index (χ4n) is 5.04. The molecule has 2 aliphatic heterocycles. The predicted molar refractivity (Wildman–Crippen MR) is 167 cm³/mol. The number of hydrogen-bond acceptors (Lipinski definition) is 12. The zero-order chi connectivity index (χ0) is 36.1. The summed E-state index contributed by atoms with van der Waals surface area (Å²) in [7, 11) is 3.09. The SMILES string of the molecule is CCOC(C)C(=O)NC(CC(=O)NC(C)NC(=O)C(C)N1C(=O)CC(NC)C1=O)C(=O)NCCNC(=O)CCN1C(=O)CC(NC)C1=O. The topological polar surface area (TPSA) is 254 Å². The van der Waals surface area contributed by atoms with E-state index in [1.54, 1.807) is 14.0 Å². The summed E-state index contributed by atoms with van der Waals surface area (Å²) in [4.78, 5) is 114. The lowest BCUT2D eigenvalue weighted by Crippen LogP contribution is -2.56. The highest BCUT2D eigenvalue weighted by atomic mass is 16.5. The van der Waals surface area contributed by atoms with Gasteiger partial charge in [0.2, 0.25) is 53.2 Å². The van der Waals surface area contributed by atoms with Crippen LogP contribution in [0, 0.1) is 0 Å². The van der Waals surface area contributed by atoms with Crippen LogP contribution in [0.25, 0.3) is 0 Å². The summed E-state index contributed by atoms with van der Waals surface area (Å²) in [5.74, 6) is -5.09. The van der Waals surface area contributed by atoms with Crippen LogP contribution in [0.5, 0.6) is 0 Å². The number of likely N-dealkylation sites (tertiary alicyclic amines) is 2. The molecule has 19 nitrogen and oxygen atoms in total. The lowest BCUT2D eigenvalue weighted by Gasteiger charge is -2.25. The van der Waals surface area contributed by atoms with Crippen LogP contribution in [0.15, 0.2) is 0 Å². The largest absolute Gasteiger partial charge is 0.369 e. The van der Waals surface area contributed by atoms with Crippen molar-refractivity contribution < 1.29 is 47.9 Å². The molecule has 0 aromatic heterocycles. The molecule has 0 aromatic rings. The van der Waals surface area contributed by atoms with Crippen LogP contribution in [-0.4, -0.2) is 140 Å². The van der Waals surface area contributed by atoms with E-state index in [1.807, 2.05) is 0 Å². The van der Waals surface area contributed by atoms with E-state index >= 15 is 0 Å². The van der Waals surface area contributed by atoms with Crippen molar-refractivity contribution in [2.24, 2.45) is 0 Å². The van der Waals surface area contributed by atoms with Crippen LogP contribution >= 0.6 is 0 Å². The number of amides is 9.